The van der Waals surface area contributed by atoms with Gasteiger partial charge in [-0.3, -0.25) is 9.59 Å². The van der Waals surface area contributed by atoms with Crippen LogP contribution in [0.1, 0.15) is 47.2 Å². The molecule has 1 N–H and O–H groups in total. The zero-order valence-corrected chi connectivity index (χ0v) is 21.4. The van der Waals surface area contributed by atoms with Gasteiger partial charge in [-0.15, -0.1) is 0 Å². The Hall–Kier alpha value is -4.16. The lowest BCUT2D eigenvalue weighted by Gasteiger charge is -2.24. The average molecular weight is 512 g/mol. The van der Waals surface area contributed by atoms with Gasteiger partial charge >= 0.3 is 0 Å². The highest BCUT2D eigenvalue weighted by atomic mass is 16.5. The van der Waals surface area contributed by atoms with Gasteiger partial charge in [-0.25, -0.2) is 0 Å². The van der Waals surface area contributed by atoms with Crippen LogP contribution >= 0.6 is 0 Å². The van der Waals surface area contributed by atoms with E-state index in [0.29, 0.717) is 31.7 Å². The first-order valence-corrected chi connectivity index (χ1v) is 12.9. The number of unbranched alkanes of at least 4 members (excludes halogenated alkanes) is 2. The number of ether oxygens (including phenoxy) is 1. The summed E-state index contributed by atoms with van der Waals surface area (Å²) in [5.41, 5.74) is 4.55. The normalized spacial score (nSPS) is 10.8. The molecule has 38 heavy (non-hydrogen) atoms. The lowest BCUT2D eigenvalue weighted by molar-refractivity contribution is -0.121. The molecule has 0 aliphatic carbocycles. The van der Waals surface area contributed by atoms with Crippen LogP contribution in [0, 0.1) is 0 Å². The largest absolute Gasteiger partial charge is 0.493 e. The fourth-order valence-corrected chi connectivity index (χ4v) is 4.26. The molecule has 0 spiro atoms. The Balaban J connectivity index is 1.46. The Morgan fingerprint density at radius 3 is 2.29 bits per heavy atom. The van der Waals surface area contributed by atoms with Crippen molar-refractivity contribution in [2.45, 2.75) is 38.8 Å². The van der Waals surface area contributed by atoms with Crippen LogP contribution < -0.4 is 4.74 Å². The Morgan fingerprint density at radius 2 is 1.55 bits per heavy atom. The van der Waals surface area contributed by atoms with Crippen molar-refractivity contribution in [3.05, 3.63) is 114 Å². The van der Waals surface area contributed by atoms with E-state index in [0.717, 1.165) is 47.3 Å². The third kappa shape index (κ3) is 7.67. The third-order valence-corrected chi connectivity index (χ3v) is 6.36. The van der Waals surface area contributed by atoms with Gasteiger partial charge in [0.1, 0.15) is 12.4 Å². The summed E-state index contributed by atoms with van der Waals surface area (Å²) >= 11 is 0. The predicted octanol–water partition coefficient (Wildman–Crippen LogP) is 6.29. The van der Waals surface area contributed by atoms with Crippen molar-refractivity contribution in [3.8, 4) is 16.9 Å². The molecule has 0 fully saturated rings. The molecule has 1 heterocycles. The first-order valence-electron chi connectivity index (χ1n) is 12.9. The van der Waals surface area contributed by atoms with Crippen LogP contribution in [0.4, 0.5) is 0 Å². The minimum absolute atomic E-state index is 0.0593. The van der Waals surface area contributed by atoms with Crippen molar-refractivity contribution < 1.29 is 23.8 Å². The number of carbonyl (C=O) groups is 2. The molecule has 4 aromatic rings. The zero-order chi connectivity index (χ0) is 26.6. The van der Waals surface area contributed by atoms with Crippen molar-refractivity contribution in [2.75, 3.05) is 13.2 Å². The molecule has 0 unspecified atom stereocenters. The monoisotopic (exact) mass is 511 g/mol. The maximum absolute atomic E-state index is 13.7. The van der Waals surface area contributed by atoms with Gasteiger partial charge in [0.15, 0.2) is 5.78 Å². The number of amides is 1. The SMILES string of the molecule is O=C(CO)CCCCCOc1ccccc1CN(Cc1ccccc1)C(=O)c1ccc(-c2ccoc2)cc1. The van der Waals surface area contributed by atoms with Crippen molar-refractivity contribution in [1.29, 1.82) is 0 Å². The molecule has 0 bridgehead atoms. The first-order chi connectivity index (χ1) is 18.6. The van der Waals surface area contributed by atoms with Crippen LogP contribution in [-0.2, 0) is 17.9 Å². The van der Waals surface area contributed by atoms with Gasteiger partial charge in [-0.2, -0.15) is 0 Å². The van der Waals surface area contributed by atoms with E-state index in [9.17, 15) is 9.59 Å². The van der Waals surface area contributed by atoms with Crippen molar-refractivity contribution in [3.63, 3.8) is 0 Å². The van der Waals surface area contributed by atoms with E-state index in [1.807, 2.05) is 89.8 Å². The van der Waals surface area contributed by atoms with E-state index in [-0.39, 0.29) is 11.7 Å². The molecule has 4 rings (SSSR count). The summed E-state index contributed by atoms with van der Waals surface area (Å²) in [7, 11) is 0. The average Bonchev–Trinajstić information content (AvgIpc) is 3.50. The number of aliphatic hydroxyl groups is 1. The summed E-state index contributed by atoms with van der Waals surface area (Å²) < 4.78 is 11.3. The summed E-state index contributed by atoms with van der Waals surface area (Å²) in [5, 5.41) is 8.84. The number of aliphatic hydroxyl groups excluding tert-OH is 1. The Bertz CT molecular complexity index is 1280. The van der Waals surface area contributed by atoms with E-state index < -0.39 is 6.61 Å². The highest BCUT2D eigenvalue weighted by Crippen LogP contribution is 2.24. The van der Waals surface area contributed by atoms with Gasteiger partial charge in [0.2, 0.25) is 0 Å². The van der Waals surface area contributed by atoms with E-state index in [2.05, 4.69) is 0 Å². The highest BCUT2D eigenvalue weighted by Gasteiger charge is 2.19. The summed E-state index contributed by atoms with van der Waals surface area (Å²) in [4.78, 5) is 26.8. The number of para-hydroxylation sites is 1. The Morgan fingerprint density at radius 1 is 0.789 bits per heavy atom. The second-order valence-electron chi connectivity index (χ2n) is 9.20. The van der Waals surface area contributed by atoms with E-state index >= 15 is 0 Å². The molecular formula is C32H33NO5. The zero-order valence-electron chi connectivity index (χ0n) is 21.4. The molecule has 1 amide bonds. The summed E-state index contributed by atoms with van der Waals surface area (Å²) in [6, 6.07) is 27.2. The second kappa shape index (κ2) is 14.0. The quantitative estimate of drug-likeness (QED) is 0.201. The molecule has 196 valence electrons. The molecule has 0 aliphatic heterocycles. The van der Waals surface area contributed by atoms with Gasteiger partial charge in [0.25, 0.3) is 5.91 Å². The Labute approximate surface area is 223 Å². The fraction of sp³-hybridized carbons (Fsp3) is 0.250. The molecule has 0 atom stereocenters. The molecule has 3 aromatic carbocycles. The number of Topliss-reactive ketones (excluding diaryl/α,β-unsaturated/α-hetero) is 1. The number of hydrogen-bond acceptors (Lipinski definition) is 5. The summed E-state index contributed by atoms with van der Waals surface area (Å²) in [6.45, 7) is 0.998. The number of hydrogen-bond donors (Lipinski definition) is 1. The molecule has 1 aromatic heterocycles. The van der Waals surface area contributed by atoms with Gasteiger partial charge in [0, 0.05) is 36.2 Å². The molecule has 0 radical (unpaired) electrons. The van der Waals surface area contributed by atoms with E-state index in [4.69, 9.17) is 14.3 Å². The maximum atomic E-state index is 13.7. The van der Waals surface area contributed by atoms with Crippen LogP contribution in [0.25, 0.3) is 11.1 Å². The standard InChI is InChI=1S/C32H33NO5/c34-23-30(35)12-5-2-8-19-38-31-13-7-6-11-28(31)22-33(21-25-9-3-1-4-10-25)32(36)27-16-14-26(15-17-27)29-18-20-37-24-29/h1,3-4,6-7,9-11,13-18,20,24,34H,2,5,8,12,19,21-23H2. The summed E-state index contributed by atoms with van der Waals surface area (Å²) in [6.07, 6.45) is 6.11. The smallest absolute Gasteiger partial charge is 0.254 e. The number of carbonyl (C=O) groups excluding carboxylic acids is 2. The van der Waals surface area contributed by atoms with Crippen molar-refractivity contribution in [1.82, 2.24) is 4.90 Å². The molecule has 0 saturated heterocycles. The third-order valence-electron chi connectivity index (χ3n) is 6.36. The number of benzene rings is 3. The van der Waals surface area contributed by atoms with E-state index in [1.165, 1.54) is 0 Å². The highest BCUT2D eigenvalue weighted by molar-refractivity contribution is 5.94. The second-order valence-corrected chi connectivity index (χ2v) is 9.20. The van der Waals surface area contributed by atoms with E-state index in [1.54, 1.807) is 12.5 Å². The molecular weight excluding hydrogens is 478 g/mol. The summed E-state index contributed by atoms with van der Waals surface area (Å²) in [5.74, 6) is 0.562. The first kappa shape index (κ1) is 26.9. The molecule has 6 heteroatoms. The lowest BCUT2D eigenvalue weighted by atomic mass is 10.1. The Kier molecular flexibility index (Phi) is 9.88. The van der Waals surface area contributed by atoms with Crippen LogP contribution in [0.15, 0.2) is 102 Å². The maximum Gasteiger partial charge on any atom is 0.254 e. The van der Waals surface area contributed by atoms with Crippen molar-refractivity contribution in [2.24, 2.45) is 0 Å². The number of rotatable bonds is 14. The van der Waals surface area contributed by atoms with Crippen molar-refractivity contribution >= 4 is 11.7 Å². The van der Waals surface area contributed by atoms with Crippen LogP contribution in [0.3, 0.4) is 0 Å². The lowest BCUT2D eigenvalue weighted by Crippen LogP contribution is -2.30. The fourth-order valence-electron chi connectivity index (χ4n) is 4.26. The number of ketones is 1. The van der Waals surface area contributed by atoms with Crippen LogP contribution in [0.2, 0.25) is 0 Å². The number of nitrogens with zero attached hydrogens (tertiary/aromatic N) is 1. The van der Waals surface area contributed by atoms with Crippen LogP contribution in [-0.4, -0.2) is 34.9 Å². The molecule has 6 nitrogen and oxygen atoms in total. The minimum atomic E-state index is -0.392. The van der Waals surface area contributed by atoms with Crippen LogP contribution in [0.5, 0.6) is 5.75 Å². The molecule has 0 aliphatic rings. The molecule has 0 saturated carbocycles. The van der Waals surface area contributed by atoms with Gasteiger partial charge < -0.3 is 19.2 Å². The van der Waals surface area contributed by atoms with Gasteiger partial charge in [-0.1, -0.05) is 60.7 Å². The minimum Gasteiger partial charge on any atom is -0.493 e. The topological polar surface area (TPSA) is 80.0 Å². The van der Waals surface area contributed by atoms with Gasteiger partial charge in [0.05, 0.1) is 19.1 Å². The predicted molar refractivity (Wildman–Crippen MR) is 147 cm³/mol. The van der Waals surface area contributed by atoms with Gasteiger partial charge in [-0.05, 0) is 54.7 Å². The number of furan rings is 1.